The number of carbonyl (C=O) groups excluding carboxylic acids is 3. The third kappa shape index (κ3) is 5.93. The maximum Gasteiger partial charge on any atom is 0.416 e. The number of ether oxygens (including phenoxy) is 3. The van der Waals surface area contributed by atoms with E-state index in [0.29, 0.717) is 11.1 Å². The first-order chi connectivity index (χ1) is 18.8. The summed E-state index contributed by atoms with van der Waals surface area (Å²) in [7, 11) is 1.11. The Labute approximate surface area is 228 Å². The molecule has 1 aliphatic heterocycles. The van der Waals surface area contributed by atoms with Crippen molar-refractivity contribution in [2.45, 2.75) is 39.0 Å². The quantitative estimate of drug-likeness (QED) is 0.391. The van der Waals surface area contributed by atoms with E-state index in [1.807, 2.05) is 6.07 Å². The molecular weight excluding hydrogens is 531 g/mol. The van der Waals surface area contributed by atoms with E-state index in [9.17, 15) is 32.8 Å². The minimum atomic E-state index is -4.69. The Morgan fingerprint density at radius 2 is 1.75 bits per heavy atom. The number of anilines is 1. The molecule has 40 heavy (non-hydrogen) atoms. The molecule has 0 amide bonds. The van der Waals surface area contributed by atoms with Gasteiger partial charge in [0.05, 0.1) is 48.0 Å². The second-order valence-electron chi connectivity index (χ2n) is 8.64. The average Bonchev–Trinajstić information content (AvgIpc) is 2.92. The van der Waals surface area contributed by atoms with Gasteiger partial charge in [0, 0.05) is 11.4 Å². The van der Waals surface area contributed by atoms with E-state index in [2.05, 4.69) is 4.74 Å². The summed E-state index contributed by atoms with van der Waals surface area (Å²) in [5.74, 6) is -4.32. The van der Waals surface area contributed by atoms with Crippen molar-refractivity contribution in [3.8, 4) is 6.07 Å². The molecule has 12 heteroatoms. The van der Waals surface area contributed by atoms with Crippen molar-refractivity contribution in [1.82, 2.24) is 0 Å². The third-order valence-electron chi connectivity index (χ3n) is 6.16. The van der Waals surface area contributed by atoms with Crippen molar-refractivity contribution in [1.29, 1.82) is 5.26 Å². The Hall–Kier alpha value is -4.79. The van der Waals surface area contributed by atoms with Gasteiger partial charge in [-0.05, 0) is 56.7 Å². The number of esters is 3. The van der Waals surface area contributed by atoms with Crippen LogP contribution in [0.3, 0.4) is 0 Å². The van der Waals surface area contributed by atoms with Gasteiger partial charge in [-0.1, -0.05) is 18.2 Å². The average molecular weight is 558 g/mol. The lowest BCUT2D eigenvalue weighted by molar-refractivity contribution is -0.162. The van der Waals surface area contributed by atoms with E-state index in [1.165, 1.54) is 44.2 Å². The molecule has 9 nitrogen and oxygen atoms in total. The molecule has 2 atom stereocenters. The van der Waals surface area contributed by atoms with Crippen molar-refractivity contribution < 1.29 is 41.8 Å². The molecule has 0 fully saturated rings. The number of nitriles is 1. The predicted molar refractivity (Wildman–Crippen MR) is 136 cm³/mol. The number of hydrogen-bond acceptors (Lipinski definition) is 9. The molecule has 1 unspecified atom stereocenters. The summed E-state index contributed by atoms with van der Waals surface area (Å²) in [4.78, 5) is 40.0. The lowest BCUT2D eigenvalue weighted by Gasteiger charge is -2.37. The molecule has 0 aromatic heterocycles. The number of nitrogens with zero attached hydrogens (tertiary/aromatic N) is 2. The lowest BCUT2D eigenvalue weighted by Crippen LogP contribution is -2.40. The van der Waals surface area contributed by atoms with Crippen molar-refractivity contribution in [2.75, 3.05) is 18.6 Å². The Morgan fingerprint density at radius 1 is 1.10 bits per heavy atom. The van der Waals surface area contributed by atoms with Crippen LogP contribution >= 0.6 is 0 Å². The van der Waals surface area contributed by atoms with Gasteiger partial charge in [-0.25, -0.2) is 14.4 Å². The lowest BCUT2D eigenvalue weighted by atomic mass is 9.80. The predicted octanol–water partition coefficient (Wildman–Crippen LogP) is 4.29. The van der Waals surface area contributed by atoms with Crippen LogP contribution in [0.25, 0.3) is 0 Å². The molecule has 210 valence electrons. The number of carbonyl (C=O) groups is 3. The van der Waals surface area contributed by atoms with Gasteiger partial charge in [0.25, 0.3) is 0 Å². The van der Waals surface area contributed by atoms with E-state index in [0.717, 1.165) is 30.2 Å². The number of benzene rings is 2. The van der Waals surface area contributed by atoms with E-state index in [4.69, 9.17) is 15.2 Å². The van der Waals surface area contributed by atoms with E-state index in [-0.39, 0.29) is 35.0 Å². The van der Waals surface area contributed by atoms with Gasteiger partial charge in [0.15, 0.2) is 6.10 Å². The zero-order chi connectivity index (χ0) is 29.8. The van der Waals surface area contributed by atoms with Crippen LogP contribution in [-0.2, 0) is 34.8 Å². The van der Waals surface area contributed by atoms with Crippen LogP contribution < -0.4 is 10.6 Å². The largest absolute Gasteiger partial charge is 0.466 e. The highest BCUT2D eigenvalue weighted by molar-refractivity contribution is 6.02. The minimum Gasteiger partial charge on any atom is -0.466 e. The highest BCUT2D eigenvalue weighted by atomic mass is 19.4. The summed E-state index contributed by atoms with van der Waals surface area (Å²) in [6.07, 6.45) is -6.04. The van der Waals surface area contributed by atoms with Crippen molar-refractivity contribution in [3.05, 3.63) is 87.9 Å². The summed E-state index contributed by atoms with van der Waals surface area (Å²) in [5.41, 5.74) is 5.64. The summed E-state index contributed by atoms with van der Waals surface area (Å²) in [6, 6.07) is 12.1. The molecular formula is C28H26F3N3O6. The fourth-order valence-electron chi connectivity index (χ4n) is 4.30. The summed E-state index contributed by atoms with van der Waals surface area (Å²) in [6.45, 7) is 4.18. The minimum absolute atomic E-state index is 0.0429. The maximum absolute atomic E-state index is 13.6. The normalized spacial score (nSPS) is 16.2. The fraction of sp³-hybridized carbons (Fsp3) is 0.286. The molecule has 2 aromatic carbocycles. The van der Waals surface area contributed by atoms with E-state index >= 15 is 0 Å². The van der Waals surface area contributed by atoms with Crippen LogP contribution in [0.4, 0.5) is 18.9 Å². The van der Waals surface area contributed by atoms with Gasteiger partial charge in [0.1, 0.15) is 5.82 Å². The van der Waals surface area contributed by atoms with Crippen LogP contribution in [0.5, 0.6) is 0 Å². The molecule has 2 aromatic rings. The number of methoxy groups -OCH3 is 1. The monoisotopic (exact) mass is 557 g/mol. The van der Waals surface area contributed by atoms with E-state index < -0.39 is 41.7 Å². The standard InChI is InChI=1S/C28H26F3N3O6/c1-5-39-26(36)23-22(18-11-9-17(14-32)10-12-18)21(27(37)40-16(3)25(35)38-4)15(2)34(24(23)33)20-8-6-7-19(13-20)28(29,30)31/h6-13,16,22H,5,33H2,1-4H3/t16-,22?/m0/s1. The number of hydrogen-bond donors (Lipinski definition) is 1. The molecule has 1 aliphatic rings. The van der Waals surface area contributed by atoms with Crippen LogP contribution in [0, 0.1) is 11.3 Å². The second kappa shape index (κ2) is 11.9. The zero-order valence-electron chi connectivity index (χ0n) is 22.0. The van der Waals surface area contributed by atoms with Crippen molar-refractivity contribution in [3.63, 3.8) is 0 Å². The molecule has 0 saturated carbocycles. The molecule has 0 radical (unpaired) electrons. The molecule has 1 heterocycles. The van der Waals surface area contributed by atoms with Crippen LogP contribution in [0.2, 0.25) is 0 Å². The first-order valence-electron chi connectivity index (χ1n) is 12.0. The van der Waals surface area contributed by atoms with Gasteiger partial charge in [-0.15, -0.1) is 0 Å². The SMILES string of the molecule is CCOC(=O)C1=C(N)N(c2cccc(C(F)(F)F)c2)C(C)=C(C(=O)O[C@@H](C)C(=O)OC)C1c1ccc(C#N)cc1. The van der Waals surface area contributed by atoms with Crippen molar-refractivity contribution in [2.24, 2.45) is 5.73 Å². The molecule has 0 bridgehead atoms. The van der Waals surface area contributed by atoms with E-state index in [1.54, 1.807) is 6.92 Å². The van der Waals surface area contributed by atoms with Gasteiger partial charge < -0.3 is 24.8 Å². The van der Waals surface area contributed by atoms with Crippen LogP contribution in [0.1, 0.15) is 43.4 Å². The van der Waals surface area contributed by atoms with Crippen molar-refractivity contribution >= 4 is 23.6 Å². The molecule has 2 N–H and O–H groups in total. The first kappa shape index (κ1) is 29.8. The number of nitrogens with two attached hydrogens (primary N) is 1. The highest BCUT2D eigenvalue weighted by Gasteiger charge is 2.43. The second-order valence-corrected chi connectivity index (χ2v) is 8.64. The van der Waals surface area contributed by atoms with Gasteiger partial charge in [0.2, 0.25) is 0 Å². The summed E-state index contributed by atoms with van der Waals surface area (Å²) >= 11 is 0. The maximum atomic E-state index is 13.6. The fourth-order valence-corrected chi connectivity index (χ4v) is 4.30. The van der Waals surface area contributed by atoms with Gasteiger partial charge >= 0.3 is 24.1 Å². The molecule has 0 saturated heterocycles. The Kier molecular flexibility index (Phi) is 8.88. The highest BCUT2D eigenvalue weighted by Crippen LogP contribution is 2.44. The summed E-state index contributed by atoms with van der Waals surface area (Å²) < 4.78 is 55.8. The number of rotatable bonds is 7. The zero-order valence-corrected chi connectivity index (χ0v) is 22.0. The Balaban J connectivity index is 2.34. The van der Waals surface area contributed by atoms with Crippen LogP contribution in [-0.4, -0.2) is 37.7 Å². The Morgan fingerprint density at radius 3 is 2.30 bits per heavy atom. The molecule has 0 aliphatic carbocycles. The molecule has 3 rings (SSSR count). The first-order valence-corrected chi connectivity index (χ1v) is 12.0. The van der Waals surface area contributed by atoms with Crippen LogP contribution in [0.15, 0.2) is 71.2 Å². The third-order valence-corrected chi connectivity index (χ3v) is 6.16. The number of alkyl halides is 3. The van der Waals surface area contributed by atoms with Gasteiger partial charge in [-0.2, -0.15) is 18.4 Å². The topological polar surface area (TPSA) is 132 Å². The number of halogens is 3. The number of allylic oxidation sites excluding steroid dienone is 1. The Bertz CT molecular complexity index is 1420. The summed E-state index contributed by atoms with van der Waals surface area (Å²) in [5, 5.41) is 9.22. The smallest absolute Gasteiger partial charge is 0.416 e. The molecule has 0 spiro atoms. The van der Waals surface area contributed by atoms with Gasteiger partial charge in [-0.3, -0.25) is 0 Å².